The van der Waals surface area contributed by atoms with Crippen LogP contribution in [0.2, 0.25) is 0 Å². The van der Waals surface area contributed by atoms with E-state index < -0.39 is 0 Å². The molecule has 1 aliphatic rings. The second kappa shape index (κ2) is 3.58. The number of hydrogen-bond acceptors (Lipinski definition) is 2. The van der Waals surface area contributed by atoms with Crippen molar-refractivity contribution in [3.63, 3.8) is 0 Å². The van der Waals surface area contributed by atoms with Crippen molar-refractivity contribution in [1.29, 1.82) is 0 Å². The smallest absolute Gasteiger partial charge is 0.0166 e. The van der Waals surface area contributed by atoms with Gasteiger partial charge in [0, 0.05) is 5.54 Å². The SMILES string of the molecule is C=C1CC[C@H](CN)C[C@](C)(N)C1. The topological polar surface area (TPSA) is 52.0 Å². The molecule has 1 saturated carbocycles. The molecule has 0 aromatic rings. The van der Waals surface area contributed by atoms with Crippen molar-refractivity contribution in [2.45, 2.75) is 38.1 Å². The lowest BCUT2D eigenvalue weighted by Gasteiger charge is -2.25. The lowest BCUT2D eigenvalue weighted by atomic mass is 9.88. The van der Waals surface area contributed by atoms with Gasteiger partial charge in [0.05, 0.1) is 0 Å². The maximum absolute atomic E-state index is 6.12. The Kier molecular flexibility index (Phi) is 2.91. The highest BCUT2D eigenvalue weighted by atomic mass is 14.7. The van der Waals surface area contributed by atoms with Crippen molar-refractivity contribution in [2.75, 3.05) is 6.54 Å². The second-order valence-corrected chi connectivity index (χ2v) is 4.43. The van der Waals surface area contributed by atoms with Gasteiger partial charge in [0.1, 0.15) is 0 Å². The first kappa shape index (κ1) is 9.75. The maximum Gasteiger partial charge on any atom is 0.0166 e. The molecule has 2 nitrogen and oxygen atoms in total. The third kappa shape index (κ3) is 2.61. The van der Waals surface area contributed by atoms with Crippen molar-refractivity contribution in [2.24, 2.45) is 17.4 Å². The van der Waals surface area contributed by atoms with Gasteiger partial charge >= 0.3 is 0 Å². The summed E-state index contributed by atoms with van der Waals surface area (Å²) in [5.74, 6) is 0.597. The maximum atomic E-state index is 6.12. The molecule has 1 aliphatic carbocycles. The molecule has 0 saturated heterocycles. The fourth-order valence-electron chi connectivity index (χ4n) is 2.10. The third-order valence-corrected chi connectivity index (χ3v) is 2.65. The molecule has 0 heterocycles. The quantitative estimate of drug-likeness (QED) is 0.459. The van der Waals surface area contributed by atoms with Crippen molar-refractivity contribution < 1.29 is 0 Å². The van der Waals surface area contributed by atoms with Crippen LogP contribution >= 0.6 is 0 Å². The van der Waals surface area contributed by atoms with Crippen LogP contribution in [-0.2, 0) is 0 Å². The molecule has 1 rings (SSSR count). The van der Waals surface area contributed by atoms with E-state index in [1.54, 1.807) is 0 Å². The summed E-state index contributed by atoms with van der Waals surface area (Å²) < 4.78 is 0. The zero-order valence-electron chi connectivity index (χ0n) is 7.97. The van der Waals surface area contributed by atoms with E-state index in [2.05, 4.69) is 13.5 Å². The van der Waals surface area contributed by atoms with Gasteiger partial charge in [-0.3, -0.25) is 0 Å². The molecule has 0 aromatic carbocycles. The Morgan fingerprint density at radius 2 is 2.33 bits per heavy atom. The zero-order valence-corrected chi connectivity index (χ0v) is 7.97. The summed E-state index contributed by atoms with van der Waals surface area (Å²) in [6.07, 6.45) is 4.28. The van der Waals surface area contributed by atoms with E-state index in [0.717, 1.165) is 25.8 Å². The van der Waals surface area contributed by atoms with E-state index >= 15 is 0 Å². The summed E-state index contributed by atoms with van der Waals surface area (Å²) in [6, 6.07) is 0. The lowest BCUT2D eigenvalue weighted by molar-refractivity contribution is 0.353. The van der Waals surface area contributed by atoms with Gasteiger partial charge in [-0.05, 0) is 45.1 Å². The number of rotatable bonds is 1. The molecule has 1 fully saturated rings. The van der Waals surface area contributed by atoms with E-state index in [-0.39, 0.29) is 5.54 Å². The zero-order chi connectivity index (χ0) is 9.19. The fourth-order valence-corrected chi connectivity index (χ4v) is 2.10. The highest BCUT2D eigenvalue weighted by Gasteiger charge is 2.27. The van der Waals surface area contributed by atoms with Crippen LogP contribution in [0.4, 0.5) is 0 Å². The lowest BCUT2D eigenvalue weighted by Crippen LogP contribution is -2.38. The Hall–Kier alpha value is -0.340. The average molecular weight is 168 g/mol. The van der Waals surface area contributed by atoms with E-state index in [0.29, 0.717) is 5.92 Å². The van der Waals surface area contributed by atoms with Crippen LogP contribution in [0.5, 0.6) is 0 Å². The third-order valence-electron chi connectivity index (χ3n) is 2.65. The van der Waals surface area contributed by atoms with Gasteiger partial charge in [0.25, 0.3) is 0 Å². The Balaban J connectivity index is 2.62. The van der Waals surface area contributed by atoms with Crippen LogP contribution in [0.1, 0.15) is 32.6 Å². The first-order valence-electron chi connectivity index (χ1n) is 4.69. The van der Waals surface area contributed by atoms with E-state index in [1.807, 2.05) is 0 Å². The standard InChI is InChI=1S/C10H20N2/c1-8-3-4-9(7-11)6-10(2,12)5-8/h9H,1,3-7,11-12H2,2H3/t9-,10+/m0/s1. The fraction of sp³-hybridized carbons (Fsp3) is 0.800. The van der Waals surface area contributed by atoms with Gasteiger partial charge < -0.3 is 11.5 Å². The Bertz CT molecular complexity index is 173. The molecule has 70 valence electrons. The predicted octanol–water partition coefficient (Wildman–Crippen LogP) is 1.41. The molecule has 0 bridgehead atoms. The van der Waals surface area contributed by atoms with Crippen LogP contribution in [0.3, 0.4) is 0 Å². The van der Waals surface area contributed by atoms with Crippen LogP contribution in [0.25, 0.3) is 0 Å². The summed E-state index contributed by atoms with van der Waals surface area (Å²) >= 11 is 0. The minimum atomic E-state index is -0.0718. The highest BCUT2D eigenvalue weighted by Crippen LogP contribution is 2.30. The molecule has 0 amide bonds. The minimum Gasteiger partial charge on any atom is -0.330 e. The Morgan fingerprint density at radius 1 is 1.67 bits per heavy atom. The molecule has 2 atom stereocenters. The van der Waals surface area contributed by atoms with Crippen LogP contribution in [0.15, 0.2) is 12.2 Å². The summed E-state index contributed by atoms with van der Waals surface area (Å²) in [4.78, 5) is 0. The molecule has 0 spiro atoms. The van der Waals surface area contributed by atoms with Crippen molar-refractivity contribution in [3.8, 4) is 0 Å². The van der Waals surface area contributed by atoms with E-state index in [1.165, 1.54) is 12.0 Å². The van der Waals surface area contributed by atoms with Gasteiger partial charge in [0.2, 0.25) is 0 Å². The van der Waals surface area contributed by atoms with Gasteiger partial charge in [-0.15, -0.1) is 0 Å². The summed E-state index contributed by atoms with van der Waals surface area (Å²) in [6.45, 7) is 6.89. The van der Waals surface area contributed by atoms with Gasteiger partial charge in [-0.1, -0.05) is 12.2 Å². The van der Waals surface area contributed by atoms with Gasteiger partial charge in [-0.25, -0.2) is 0 Å². The molecule has 2 heteroatoms. The van der Waals surface area contributed by atoms with E-state index in [4.69, 9.17) is 11.5 Å². The van der Waals surface area contributed by atoms with Gasteiger partial charge in [-0.2, -0.15) is 0 Å². The van der Waals surface area contributed by atoms with E-state index in [9.17, 15) is 0 Å². The van der Waals surface area contributed by atoms with Crippen LogP contribution in [0, 0.1) is 5.92 Å². The number of hydrogen-bond donors (Lipinski definition) is 2. The van der Waals surface area contributed by atoms with Crippen molar-refractivity contribution in [1.82, 2.24) is 0 Å². The summed E-state index contributed by atoms with van der Waals surface area (Å²) in [5, 5.41) is 0. The van der Waals surface area contributed by atoms with Crippen molar-refractivity contribution >= 4 is 0 Å². The molecule has 4 N–H and O–H groups in total. The molecule has 0 aliphatic heterocycles. The monoisotopic (exact) mass is 168 g/mol. The molecule has 0 unspecified atom stereocenters. The summed E-state index contributed by atoms with van der Waals surface area (Å²) in [5.41, 5.74) is 13.0. The highest BCUT2D eigenvalue weighted by molar-refractivity contribution is 5.05. The normalized spacial score (nSPS) is 37.9. The summed E-state index contributed by atoms with van der Waals surface area (Å²) in [7, 11) is 0. The Labute approximate surface area is 75.0 Å². The van der Waals surface area contributed by atoms with Crippen LogP contribution in [-0.4, -0.2) is 12.1 Å². The van der Waals surface area contributed by atoms with Crippen molar-refractivity contribution in [3.05, 3.63) is 12.2 Å². The molecule has 0 radical (unpaired) electrons. The molecular formula is C10H20N2. The second-order valence-electron chi connectivity index (χ2n) is 4.43. The molecular weight excluding hydrogens is 148 g/mol. The minimum absolute atomic E-state index is 0.0718. The average Bonchev–Trinajstić information content (AvgIpc) is 2.07. The van der Waals surface area contributed by atoms with Gasteiger partial charge in [0.15, 0.2) is 0 Å². The first-order chi connectivity index (χ1) is 5.53. The predicted molar refractivity (Wildman–Crippen MR) is 52.7 cm³/mol. The largest absolute Gasteiger partial charge is 0.330 e. The molecule has 0 aromatic heterocycles. The Morgan fingerprint density at radius 3 is 2.92 bits per heavy atom. The first-order valence-corrected chi connectivity index (χ1v) is 4.69. The van der Waals surface area contributed by atoms with Crippen LogP contribution < -0.4 is 11.5 Å². The number of nitrogens with two attached hydrogens (primary N) is 2. The molecule has 12 heavy (non-hydrogen) atoms.